The van der Waals surface area contributed by atoms with Crippen molar-refractivity contribution < 1.29 is 13.5 Å². The van der Waals surface area contributed by atoms with Gasteiger partial charge in [-0.2, -0.15) is 4.31 Å². The van der Waals surface area contributed by atoms with Crippen LogP contribution >= 0.6 is 11.3 Å². The van der Waals surface area contributed by atoms with Crippen LogP contribution in [0.25, 0.3) is 0 Å². The summed E-state index contributed by atoms with van der Waals surface area (Å²) >= 11 is 1.27. The SMILES string of the molecule is CCCN(CCC)S(=O)(=O)c1csc(CO)c1. The molecule has 0 aliphatic carbocycles. The maximum Gasteiger partial charge on any atom is 0.243 e. The van der Waals surface area contributed by atoms with Crippen LogP contribution in [0.15, 0.2) is 16.3 Å². The van der Waals surface area contributed by atoms with Crippen molar-refractivity contribution in [2.45, 2.75) is 38.2 Å². The summed E-state index contributed by atoms with van der Waals surface area (Å²) in [6.07, 6.45) is 1.60. The van der Waals surface area contributed by atoms with Crippen LogP contribution in [0.3, 0.4) is 0 Å². The van der Waals surface area contributed by atoms with Gasteiger partial charge < -0.3 is 5.11 Å². The molecule has 1 N–H and O–H groups in total. The van der Waals surface area contributed by atoms with Gasteiger partial charge in [0, 0.05) is 23.3 Å². The summed E-state index contributed by atoms with van der Waals surface area (Å²) in [7, 11) is -3.38. The maximum absolute atomic E-state index is 12.3. The number of hydrogen-bond donors (Lipinski definition) is 1. The number of thiophene rings is 1. The van der Waals surface area contributed by atoms with Crippen LogP contribution in [0.4, 0.5) is 0 Å². The van der Waals surface area contributed by atoms with E-state index in [2.05, 4.69) is 0 Å². The van der Waals surface area contributed by atoms with E-state index in [4.69, 9.17) is 5.11 Å². The molecule has 0 amide bonds. The number of aliphatic hydroxyl groups excluding tert-OH is 1. The second-order valence-corrected chi connectivity index (χ2v) is 6.74. The molecular formula is C11H19NO3S2. The van der Waals surface area contributed by atoms with Gasteiger partial charge in [0.2, 0.25) is 10.0 Å². The Balaban J connectivity index is 2.98. The van der Waals surface area contributed by atoms with Gasteiger partial charge in [0.25, 0.3) is 0 Å². The molecule has 17 heavy (non-hydrogen) atoms. The highest BCUT2D eigenvalue weighted by atomic mass is 32.2. The molecule has 1 aromatic rings. The smallest absolute Gasteiger partial charge is 0.243 e. The van der Waals surface area contributed by atoms with E-state index in [0.717, 1.165) is 12.8 Å². The van der Waals surface area contributed by atoms with E-state index in [0.29, 0.717) is 22.9 Å². The van der Waals surface area contributed by atoms with E-state index in [1.165, 1.54) is 15.6 Å². The van der Waals surface area contributed by atoms with Crippen LogP contribution in [0.5, 0.6) is 0 Å². The zero-order chi connectivity index (χ0) is 12.9. The summed E-state index contributed by atoms with van der Waals surface area (Å²) < 4.78 is 26.1. The molecule has 4 nitrogen and oxygen atoms in total. The van der Waals surface area contributed by atoms with Gasteiger partial charge >= 0.3 is 0 Å². The van der Waals surface area contributed by atoms with Gasteiger partial charge in [0.05, 0.1) is 11.5 Å². The summed E-state index contributed by atoms with van der Waals surface area (Å²) in [6, 6.07) is 1.55. The van der Waals surface area contributed by atoms with E-state index in [-0.39, 0.29) is 6.61 Å². The lowest BCUT2D eigenvalue weighted by Crippen LogP contribution is -2.32. The van der Waals surface area contributed by atoms with E-state index >= 15 is 0 Å². The average Bonchev–Trinajstić information content (AvgIpc) is 2.78. The summed E-state index contributed by atoms with van der Waals surface area (Å²) in [5.74, 6) is 0. The second kappa shape index (κ2) is 6.49. The molecule has 0 bridgehead atoms. The predicted molar refractivity (Wildman–Crippen MR) is 69.6 cm³/mol. The third kappa shape index (κ3) is 3.51. The van der Waals surface area contributed by atoms with Crippen LogP contribution in [0.2, 0.25) is 0 Å². The van der Waals surface area contributed by atoms with Crippen molar-refractivity contribution in [2.24, 2.45) is 0 Å². The molecule has 1 aromatic heterocycles. The van der Waals surface area contributed by atoms with Gasteiger partial charge in [-0.3, -0.25) is 0 Å². The van der Waals surface area contributed by atoms with Crippen molar-refractivity contribution in [3.63, 3.8) is 0 Å². The molecule has 98 valence electrons. The minimum Gasteiger partial charge on any atom is -0.391 e. The van der Waals surface area contributed by atoms with Crippen molar-refractivity contribution in [3.05, 3.63) is 16.3 Å². The van der Waals surface area contributed by atoms with Gasteiger partial charge in [-0.1, -0.05) is 13.8 Å². The highest BCUT2D eigenvalue weighted by Gasteiger charge is 2.24. The highest BCUT2D eigenvalue weighted by Crippen LogP contribution is 2.23. The molecule has 0 aliphatic rings. The zero-order valence-corrected chi connectivity index (χ0v) is 11.9. The first kappa shape index (κ1) is 14.6. The zero-order valence-electron chi connectivity index (χ0n) is 10.2. The topological polar surface area (TPSA) is 57.6 Å². The van der Waals surface area contributed by atoms with E-state index in [9.17, 15) is 8.42 Å². The van der Waals surface area contributed by atoms with Gasteiger partial charge in [0.1, 0.15) is 0 Å². The molecule has 1 heterocycles. The van der Waals surface area contributed by atoms with Crippen molar-refractivity contribution >= 4 is 21.4 Å². The molecule has 0 saturated carbocycles. The van der Waals surface area contributed by atoms with Crippen LogP contribution in [0, 0.1) is 0 Å². The quantitative estimate of drug-likeness (QED) is 0.830. The van der Waals surface area contributed by atoms with Gasteiger partial charge in [-0.15, -0.1) is 11.3 Å². The predicted octanol–water partition coefficient (Wildman–Crippen LogP) is 2.05. The summed E-state index contributed by atoms with van der Waals surface area (Å²) in [5.41, 5.74) is 0. The first-order valence-electron chi connectivity index (χ1n) is 5.74. The second-order valence-electron chi connectivity index (χ2n) is 3.81. The maximum atomic E-state index is 12.3. The monoisotopic (exact) mass is 277 g/mol. The lowest BCUT2D eigenvalue weighted by atomic mass is 10.4. The van der Waals surface area contributed by atoms with Gasteiger partial charge in [-0.25, -0.2) is 8.42 Å². The van der Waals surface area contributed by atoms with Gasteiger partial charge in [0.15, 0.2) is 0 Å². The highest BCUT2D eigenvalue weighted by molar-refractivity contribution is 7.89. The third-order valence-electron chi connectivity index (χ3n) is 2.37. The number of hydrogen-bond acceptors (Lipinski definition) is 4. The summed E-state index contributed by atoms with van der Waals surface area (Å²) in [5, 5.41) is 10.6. The normalized spacial score (nSPS) is 12.2. The van der Waals surface area contributed by atoms with Crippen LogP contribution in [0.1, 0.15) is 31.6 Å². The molecule has 0 spiro atoms. The Morgan fingerprint density at radius 3 is 2.29 bits per heavy atom. The Morgan fingerprint density at radius 2 is 1.88 bits per heavy atom. The molecule has 0 fully saturated rings. The minimum absolute atomic E-state index is 0.109. The largest absolute Gasteiger partial charge is 0.391 e. The molecule has 0 radical (unpaired) electrons. The molecule has 0 atom stereocenters. The van der Waals surface area contributed by atoms with Crippen LogP contribution < -0.4 is 0 Å². The fourth-order valence-corrected chi connectivity index (χ4v) is 4.32. The van der Waals surface area contributed by atoms with Crippen molar-refractivity contribution in [1.29, 1.82) is 0 Å². The fraction of sp³-hybridized carbons (Fsp3) is 0.636. The third-order valence-corrected chi connectivity index (χ3v) is 5.32. The summed E-state index contributed by atoms with van der Waals surface area (Å²) in [4.78, 5) is 0.977. The first-order valence-corrected chi connectivity index (χ1v) is 8.06. The minimum atomic E-state index is -3.38. The van der Waals surface area contributed by atoms with E-state index in [1.807, 2.05) is 13.8 Å². The Morgan fingerprint density at radius 1 is 1.29 bits per heavy atom. The lowest BCUT2D eigenvalue weighted by Gasteiger charge is -2.20. The molecule has 1 rings (SSSR count). The van der Waals surface area contributed by atoms with Crippen LogP contribution in [-0.4, -0.2) is 30.9 Å². The number of nitrogens with zero attached hydrogens (tertiary/aromatic N) is 1. The number of rotatable bonds is 7. The van der Waals surface area contributed by atoms with Crippen molar-refractivity contribution in [2.75, 3.05) is 13.1 Å². The fourth-order valence-electron chi connectivity index (χ4n) is 1.58. The first-order chi connectivity index (χ1) is 8.06. The lowest BCUT2D eigenvalue weighted by molar-refractivity contribution is 0.285. The number of aliphatic hydroxyl groups is 1. The molecular weight excluding hydrogens is 258 g/mol. The molecule has 6 heteroatoms. The Labute approximate surface area is 107 Å². The Bertz CT molecular complexity index is 433. The van der Waals surface area contributed by atoms with Crippen molar-refractivity contribution in [3.8, 4) is 0 Å². The van der Waals surface area contributed by atoms with Crippen LogP contribution in [-0.2, 0) is 16.6 Å². The van der Waals surface area contributed by atoms with E-state index in [1.54, 1.807) is 11.4 Å². The Kier molecular flexibility index (Phi) is 5.58. The standard InChI is InChI=1S/C11H19NO3S2/c1-3-5-12(6-4-2)17(14,15)11-7-10(8-13)16-9-11/h7,9,13H,3-6,8H2,1-2H3. The Hall–Kier alpha value is -0.430. The number of sulfonamides is 1. The molecule has 0 aromatic carbocycles. The van der Waals surface area contributed by atoms with Gasteiger partial charge in [-0.05, 0) is 18.9 Å². The van der Waals surface area contributed by atoms with E-state index < -0.39 is 10.0 Å². The van der Waals surface area contributed by atoms with Crippen molar-refractivity contribution in [1.82, 2.24) is 4.31 Å². The molecule has 0 saturated heterocycles. The molecule has 0 unspecified atom stereocenters. The molecule has 0 aliphatic heterocycles. The summed E-state index contributed by atoms with van der Waals surface area (Å²) in [6.45, 7) is 4.90. The average molecular weight is 277 g/mol.